The summed E-state index contributed by atoms with van der Waals surface area (Å²) in [6, 6.07) is 0.927. The number of amides is 1. The van der Waals surface area contributed by atoms with Crippen molar-refractivity contribution in [2.75, 3.05) is 26.3 Å². The lowest BCUT2D eigenvalue weighted by Gasteiger charge is -2.44. The van der Waals surface area contributed by atoms with E-state index in [4.69, 9.17) is 0 Å². The zero-order chi connectivity index (χ0) is 9.54. The van der Waals surface area contributed by atoms with Crippen LogP contribution < -0.4 is 16.0 Å². The summed E-state index contributed by atoms with van der Waals surface area (Å²) in [6.07, 6.45) is 1.14. The van der Waals surface area contributed by atoms with Gasteiger partial charge in [-0.3, -0.25) is 9.69 Å². The van der Waals surface area contributed by atoms with Gasteiger partial charge in [0.25, 0.3) is 0 Å². The van der Waals surface area contributed by atoms with Crippen LogP contribution in [-0.4, -0.2) is 55.2 Å². The number of hydrogen-bond acceptors (Lipinski definition) is 4. The van der Waals surface area contributed by atoms with Crippen molar-refractivity contribution >= 4 is 5.91 Å². The molecular weight excluding hydrogens is 180 g/mol. The number of piperazine rings is 1. The van der Waals surface area contributed by atoms with Gasteiger partial charge >= 0.3 is 0 Å². The fourth-order valence-electron chi connectivity index (χ4n) is 2.82. The van der Waals surface area contributed by atoms with Crippen molar-refractivity contribution in [3.63, 3.8) is 0 Å². The third kappa shape index (κ3) is 1.16. The summed E-state index contributed by atoms with van der Waals surface area (Å²) in [5.41, 5.74) is 0. The molecule has 1 amide bonds. The SMILES string of the molecule is O=C1NC2CNCCC2N2CNCC12. The third-order valence-electron chi connectivity index (χ3n) is 3.53. The van der Waals surface area contributed by atoms with E-state index in [-0.39, 0.29) is 11.9 Å². The zero-order valence-electron chi connectivity index (χ0n) is 8.12. The molecule has 78 valence electrons. The molecule has 3 atom stereocenters. The molecule has 3 saturated heterocycles. The molecule has 3 aliphatic heterocycles. The monoisotopic (exact) mass is 196 g/mol. The van der Waals surface area contributed by atoms with Gasteiger partial charge in [0, 0.05) is 25.8 Å². The Bertz CT molecular complexity index is 257. The van der Waals surface area contributed by atoms with Gasteiger partial charge in [-0.15, -0.1) is 0 Å². The smallest absolute Gasteiger partial charge is 0.239 e. The highest BCUT2D eigenvalue weighted by molar-refractivity contribution is 5.83. The van der Waals surface area contributed by atoms with Gasteiger partial charge < -0.3 is 16.0 Å². The Kier molecular flexibility index (Phi) is 1.97. The van der Waals surface area contributed by atoms with Crippen molar-refractivity contribution in [1.82, 2.24) is 20.9 Å². The Morgan fingerprint density at radius 2 is 2.21 bits per heavy atom. The summed E-state index contributed by atoms with van der Waals surface area (Å²) < 4.78 is 0. The lowest BCUT2D eigenvalue weighted by molar-refractivity contribution is -0.131. The van der Waals surface area contributed by atoms with E-state index in [2.05, 4.69) is 20.9 Å². The van der Waals surface area contributed by atoms with Gasteiger partial charge in [-0.05, 0) is 13.0 Å². The average molecular weight is 196 g/mol. The molecule has 3 unspecified atom stereocenters. The Hall–Kier alpha value is -0.650. The van der Waals surface area contributed by atoms with Gasteiger partial charge in [-0.2, -0.15) is 0 Å². The standard InChI is InChI=1S/C9H16N4O/c14-9-8-4-11-5-13(8)7-1-2-10-3-6(7)12-9/h6-8,10-11H,1-5H2,(H,12,14). The lowest BCUT2D eigenvalue weighted by atomic mass is 9.94. The second-order valence-corrected chi connectivity index (χ2v) is 4.32. The summed E-state index contributed by atoms with van der Waals surface area (Å²) in [5.74, 6) is 0.194. The van der Waals surface area contributed by atoms with Crippen molar-refractivity contribution in [1.29, 1.82) is 0 Å². The summed E-state index contributed by atoms with van der Waals surface area (Å²) >= 11 is 0. The normalized spacial score (nSPS) is 42.9. The van der Waals surface area contributed by atoms with E-state index >= 15 is 0 Å². The van der Waals surface area contributed by atoms with Crippen LogP contribution in [0.15, 0.2) is 0 Å². The fraction of sp³-hybridized carbons (Fsp3) is 0.889. The van der Waals surface area contributed by atoms with Gasteiger partial charge in [0.05, 0.1) is 6.04 Å². The molecule has 3 rings (SSSR count). The van der Waals surface area contributed by atoms with E-state index in [0.29, 0.717) is 12.1 Å². The number of carbonyl (C=O) groups is 1. The van der Waals surface area contributed by atoms with Gasteiger partial charge in [-0.25, -0.2) is 0 Å². The topological polar surface area (TPSA) is 56.4 Å². The first-order valence-electron chi connectivity index (χ1n) is 5.34. The quantitative estimate of drug-likeness (QED) is 0.423. The largest absolute Gasteiger partial charge is 0.349 e. The first-order chi connectivity index (χ1) is 6.86. The molecule has 3 N–H and O–H groups in total. The van der Waals surface area contributed by atoms with Gasteiger partial charge in [0.2, 0.25) is 5.91 Å². The highest BCUT2D eigenvalue weighted by atomic mass is 16.2. The van der Waals surface area contributed by atoms with E-state index in [1.54, 1.807) is 0 Å². The van der Waals surface area contributed by atoms with Crippen LogP contribution >= 0.6 is 0 Å². The molecule has 0 aromatic rings. The highest BCUT2D eigenvalue weighted by Crippen LogP contribution is 2.21. The van der Waals surface area contributed by atoms with Crippen molar-refractivity contribution in [2.24, 2.45) is 0 Å². The summed E-state index contributed by atoms with van der Waals surface area (Å²) in [6.45, 7) is 3.67. The Morgan fingerprint density at radius 3 is 3.14 bits per heavy atom. The van der Waals surface area contributed by atoms with Gasteiger partial charge in [0.1, 0.15) is 6.04 Å². The van der Waals surface area contributed by atoms with Crippen LogP contribution in [0.3, 0.4) is 0 Å². The number of nitrogens with zero attached hydrogens (tertiary/aromatic N) is 1. The summed E-state index contributed by atoms with van der Waals surface area (Å²) in [4.78, 5) is 14.0. The van der Waals surface area contributed by atoms with Crippen molar-refractivity contribution in [3.05, 3.63) is 0 Å². The molecule has 5 nitrogen and oxygen atoms in total. The summed E-state index contributed by atoms with van der Waals surface area (Å²) in [5, 5.41) is 9.70. The number of nitrogens with one attached hydrogen (secondary N) is 3. The lowest BCUT2D eigenvalue weighted by Crippen LogP contribution is -2.68. The second kappa shape index (κ2) is 3.18. The van der Waals surface area contributed by atoms with Crippen LogP contribution in [0.5, 0.6) is 0 Å². The molecule has 0 spiro atoms. The Labute approximate surface area is 83.2 Å². The van der Waals surface area contributed by atoms with Crippen LogP contribution in [0, 0.1) is 0 Å². The molecule has 0 aliphatic carbocycles. The van der Waals surface area contributed by atoms with Crippen molar-refractivity contribution < 1.29 is 4.79 Å². The Morgan fingerprint density at radius 1 is 1.29 bits per heavy atom. The summed E-state index contributed by atoms with van der Waals surface area (Å²) in [7, 11) is 0. The first kappa shape index (κ1) is 8.64. The molecule has 0 radical (unpaired) electrons. The fourth-order valence-corrected chi connectivity index (χ4v) is 2.82. The predicted molar refractivity (Wildman–Crippen MR) is 51.7 cm³/mol. The van der Waals surface area contributed by atoms with Crippen LogP contribution in [0.2, 0.25) is 0 Å². The van der Waals surface area contributed by atoms with Crippen LogP contribution in [0.1, 0.15) is 6.42 Å². The molecule has 3 heterocycles. The van der Waals surface area contributed by atoms with E-state index in [0.717, 1.165) is 32.7 Å². The van der Waals surface area contributed by atoms with Crippen molar-refractivity contribution in [2.45, 2.75) is 24.5 Å². The molecule has 0 saturated carbocycles. The molecule has 0 aromatic heterocycles. The Balaban J connectivity index is 1.84. The minimum absolute atomic E-state index is 0.0781. The number of hydrogen-bond donors (Lipinski definition) is 3. The van der Waals surface area contributed by atoms with E-state index in [1.807, 2.05) is 0 Å². The van der Waals surface area contributed by atoms with E-state index in [9.17, 15) is 4.79 Å². The number of carbonyl (C=O) groups excluding carboxylic acids is 1. The maximum absolute atomic E-state index is 11.7. The zero-order valence-corrected chi connectivity index (χ0v) is 8.12. The van der Waals surface area contributed by atoms with E-state index in [1.165, 1.54) is 0 Å². The van der Waals surface area contributed by atoms with Crippen LogP contribution in [0.25, 0.3) is 0 Å². The molecule has 3 aliphatic rings. The van der Waals surface area contributed by atoms with Gasteiger partial charge in [-0.1, -0.05) is 0 Å². The van der Waals surface area contributed by atoms with Gasteiger partial charge in [0.15, 0.2) is 0 Å². The second-order valence-electron chi connectivity index (χ2n) is 4.32. The minimum Gasteiger partial charge on any atom is -0.349 e. The molecule has 0 aromatic carbocycles. The highest BCUT2D eigenvalue weighted by Gasteiger charge is 2.44. The molecule has 5 heteroatoms. The third-order valence-corrected chi connectivity index (χ3v) is 3.53. The predicted octanol–water partition coefficient (Wildman–Crippen LogP) is -1.92. The maximum Gasteiger partial charge on any atom is 0.239 e. The van der Waals surface area contributed by atoms with Crippen LogP contribution in [-0.2, 0) is 4.79 Å². The molecular formula is C9H16N4O. The average Bonchev–Trinajstić information content (AvgIpc) is 2.67. The number of piperidine rings is 1. The van der Waals surface area contributed by atoms with E-state index < -0.39 is 0 Å². The molecule has 14 heavy (non-hydrogen) atoms. The minimum atomic E-state index is 0.0781. The van der Waals surface area contributed by atoms with Crippen molar-refractivity contribution in [3.8, 4) is 0 Å². The molecule has 0 bridgehead atoms. The van der Waals surface area contributed by atoms with Crippen LogP contribution in [0.4, 0.5) is 0 Å². The maximum atomic E-state index is 11.7. The first-order valence-corrected chi connectivity index (χ1v) is 5.34. The number of rotatable bonds is 0. The molecule has 3 fully saturated rings. The number of fused-ring (bicyclic) bond motifs is 3.